The van der Waals surface area contributed by atoms with Crippen molar-refractivity contribution in [2.24, 2.45) is 0 Å². The molecule has 0 amide bonds. The van der Waals surface area contributed by atoms with Crippen molar-refractivity contribution in [1.29, 1.82) is 0 Å². The first-order valence-corrected chi connectivity index (χ1v) is 16.9. The van der Waals surface area contributed by atoms with E-state index in [0.29, 0.717) is 0 Å². The van der Waals surface area contributed by atoms with E-state index in [9.17, 15) is 0 Å². The SMILES string of the molecule is c1ccc(-c2cc(-c3ccc(-c4ccc5c(c4)-c4ccccc4C5(c4ccccc4)c4ccccc4)cc3)cc(-c3ccccc3)n2)cc1. The molecule has 9 rings (SSSR count). The quantitative estimate of drug-likeness (QED) is 0.180. The third-order valence-electron chi connectivity index (χ3n) is 9.97. The maximum Gasteiger partial charge on any atom is 0.0715 e. The second kappa shape index (κ2) is 12.0. The molecule has 0 unspecified atom stereocenters. The number of fused-ring (bicyclic) bond motifs is 3. The van der Waals surface area contributed by atoms with Gasteiger partial charge in [-0.3, -0.25) is 0 Å². The Hall–Kier alpha value is -6.31. The van der Waals surface area contributed by atoms with Crippen LogP contribution in [0.15, 0.2) is 200 Å². The molecule has 49 heavy (non-hydrogen) atoms. The Balaban J connectivity index is 1.15. The molecule has 1 nitrogen and oxygen atoms in total. The summed E-state index contributed by atoms with van der Waals surface area (Å²) in [6.45, 7) is 0. The normalized spacial score (nSPS) is 12.7. The van der Waals surface area contributed by atoms with Crippen molar-refractivity contribution in [1.82, 2.24) is 4.98 Å². The Morgan fingerprint density at radius 2 is 0.714 bits per heavy atom. The average Bonchev–Trinajstić information content (AvgIpc) is 3.49. The van der Waals surface area contributed by atoms with Crippen LogP contribution in [-0.4, -0.2) is 4.98 Å². The van der Waals surface area contributed by atoms with Crippen LogP contribution in [0.2, 0.25) is 0 Å². The highest BCUT2D eigenvalue weighted by atomic mass is 14.7. The average molecular weight is 624 g/mol. The van der Waals surface area contributed by atoms with E-state index in [1.165, 1.54) is 50.1 Å². The monoisotopic (exact) mass is 623 g/mol. The third-order valence-corrected chi connectivity index (χ3v) is 9.97. The number of nitrogens with zero attached hydrogens (tertiary/aromatic N) is 1. The van der Waals surface area contributed by atoms with Crippen LogP contribution in [0.1, 0.15) is 22.3 Å². The van der Waals surface area contributed by atoms with E-state index in [0.717, 1.165) is 28.1 Å². The van der Waals surface area contributed by atoms with Crippen molar-refractivity contribution in [2.45, 2.75) is 5.41 Å². The van der Waals surface area contributed by atoms with Crippen molar-refractivity contribution in [2.75, 3.05) is 0 Å². The second-order valence-corrected chi connectivity index (χ2v) is 12.7. The number of benzene rings is 7. The van der Waals surface area contributed by atoms with Gasteiger partial charge < -0.3 is 0 Å². The molecular weight excluding hydrogens is 591 g/mol. The topological polar surface area (TPSA) is 12.9 Å². The number of rotatable bonds is 6. The largest absolute Gasteiger partial charge is 0.248 e. The summed E-state index contributed by atoms with van der Waals surface area (Å²) >= 11 is 0. The molecule has 0 radical (unpaired) electrons. The predicted molar refractivity (Wildman–Crippen MR) is 203 cm³/mol. The zero-order chi connectivity index (χ0) is 32.6. The summed E-state index contributed by atoms with van der Waals surface area (Å²) in [6.07, 6.45) is 0. The van der Waals surface area contributed by atoms with Crippen molar-refractivity contribution < 1.29 is 0 Å². The molecule has 1 aliphatic carbocycles. The van der Waals surface area contributed by atoms with Crippen molar-refractivity contribution in [3.63, 3.8) is 0 Å². The molecule has 0 fully saturated rings. The smallest absolute Gasteiger partial charge is 0.0715 e. The zero-order valence-electron chi connectivity index (χ0n) is 27.0. The van der Waals surface area contributed by atoms with Crippen LogP contribution in [-0.2, 0) is 5.41 Å². The number of hydrogen-bond acceptors (Lipinski definition) is 1. The molecule has 0 saturated heterocycles. The van der Waals surface area contributed by atoms with Crippen molar-refractivity contribution in [3.05, 3.63) is 222 Å². The van der Waals surface area contributed by atoms with E-state index >= 15 is 0 Å². The summed E-state index contributed by atoms with van der Waals surface area (Å²) in [5.41, 5.74) is 16.3. The van der Waals surface area contributed by atoms with Gasteiger partial charge in [0.1, 0.15) is 0 Å². The minimum atomic E-state index is -0.384. The molecule has 1 heterocycles. The van der Waals surface area contributed by atoms with Crippen LogP contribution in [0.5, 0.6) is 0 Å². The Bertz CT molecular complexity index is 2300. The zero-order valence-corrected chi connectivity index (χ0v) is 27.0. The fraction of sp³-hybridized carbons (Fsp3) is 0.0208. The first kappa shape index (κ1) is 28.9. The van der Waals surface area contributed by atoms with Gasteiger partial charge in [-0.2, -0.15) is 0 Å². The first-order chi connectivity index (χ1) is 24.3. The van der Waals surface area contributed by atoms with Crippen LogP contribution in [0.3, 0.4) is 0 Å². The highest BCUT2D eigenvalue weighted by Gasteiger charge is 2.45. The van der Waals surface area contributed by atoms with Crippen molar-refractivity contribution >= 4 is 0 Å². The Labute approximate surface area is 287 Å². The number of pyridine rings is 1. The summed E-state index contributed by atoms with van der Waals surface area (Å²) in [6, 6.07) is 72.2. The standard InChI is InChI=1S/C48H33N/c1-5-15-36(16-6-1)46-32-39(33-47(49-46)37-17-7-2-8-18-37)35-27-25-34(26-28-35)38-29-30-45-43(31-38)42-23-13-14-24-44(42)48(45,40-19-9-3-10-20-40)41-21-11-4-12-22-41/h1-33H. The molecular formula is C48H33N. The molecule has 0 atom stereocenters. The van der Waals surface area contributed by atoms with Crippen LogP contribution in [0.25, 0.3) is 55.9 Å². The van der Waals surface area contributed by atoms with E-state index in [-0.39, 0.29) is 5.41 Å². The molecule has 1 aliphatic rings. The summed E-state index contributed by atoms with van der Waals surface area (Å²) in [7, 11) is 0. The predicted octanol–water partition coefficient (Wildman–Crippen LogP) is 12.1. The van der Waals surface area contributed by atoms with Crippen LogP contribution in [0, 0.1) is 0 Å². The van der Waals surface area contributed by atoms with Gasteiger partial charge in [-0.1, -0.05) is 182 Å². The molecule has 0 aliphatic heterocycles. The minimum Gasteiger partial charge on any atom is -0.248 e. The van der Waals surface area contributed by atoms with Gasteiger partial charge in [0.15, 0.2) is 0 Å². The lowest BCUT2D eigenvalue weighted by molar-refractivity contribution is 0.768. The van der Waals surface area contributed by atoms with Gasteiger partial charge in [-0.15, -0.1) is 0 Å². The highest BCUT2D eigenvalue weighted by molar-refractivity contribution is 5.89. The number of hydrogen-bond donors (Lipinski definition) is 0. The van der Waals surface area contributed by atoms with Crippen molar-refractivity contribution in [3.8, 4) is 55.9 Å². The van der Waals surface area contributed by atoms with Crippen LogP contribution < -0.4 is 0 Å². The Morgan fingerprint density at radius 3 is 1.27 bits per heavy atom. The van der Waals surface area contributed by atoms with Crippen LogP contribution >= 0.6 is 0 Å². The van der Waals surface area contributed by atoms with Gasteiger partial charge in [-0.05, 0) is 73.8 Å². The maximum atomic E-state index is 5.07. The lowest BCUT2D eigenvalue weighted by Crippen LogP contribution is -2.28. The summed E-state index contributed by atoms with van der Waals surface area (Å²) < 4.78 is 0. The second-order valence-electron chi connectivity index (χ2n) is 12.7. The van der Waals surface area contributed by atoms with E-state index in [1.807, 2.05) is 12.1 Å². The Morgan fingerprint density at radius 1 is 0.286 bits per heavy atom. The molecule has 230 valence electrons. The molecule has 7 aromatic carbocycles. The van der Waals surface area contributed by atoms with Gasteiger partial charge >= 0.3 is 0 Å². The van der Waals surface area contributed by atoms with Gasteiger partial charge in [0.2, 0.25) is 0 Å². The van der Waals surface area contributed by atoms with E-state index in [2.05, 4.69) is 188 Å². The fourth-order valence-corrected chi connectivity index (χ4v) is 7.69. The lowest BCUT2D eigenvalue weighted by Gasteiger charge is -2.33. The molecule has 8 aromatic rings. The van der Waals surface area contributed by atoms with E-state index in [4.69, 9.17) is 4.98 Å². The van der Waals surface area contributed by atoms with Gasteiger partial charge in [0.05, 0.1) is 16.8 Å². The van der Waals surface area contributed by atoms with Gasteiger partial charge in [0.25, 0.3) is 0 Å². The molecule has 0 spiro atoms. The lowest BCUT2D eigenvalue weighted by atomic mass is 9.67. The van der Waals surface area contributed by atoms with E-state index < -0.39 is 0 Å². The highest BCUT2D eigenvalue weighted by Crippen LogP contribution is 2.56. The summed E-state index contributed by atoms with van der Waals surface area (Å²) in [4.78, 5) is 5.07. The maximum absolute atomic E-state index is 5.07. The molecule has 0 saturated carbocycles. The Kier molecular flexibility index (Phi) is 7.10. The van der Waals surface area contributed by atoms with E-state index in [1.54, 1.807) is 0 Å². The minimum absolute atomic E-state index is 0.384. The third kappa shape index (κ3) is 4.91. The molecule has 0 bridgehead atoms. The van der Waals surface area contributed by atoms with Gasteiger partial charge in [-0.25, -0.2) is 4.98 Å². The molecule has 0 N–H and O–H groups in total. The molecule has 1 aromatic heterocycles. The summed E-state index contributed by atoms with van der Waals surface area (Å²) in [5.74, 6) is 0. The summed E-state index contributed by atoms with van der Waals surface area (Å²) in [5, 5.41) is 0. The van der Waals surface area contributed by atoms with Crippen LogP contribution in [0.4, 0.5) is 0 Å². The first-order valence-electron chi connectivity index (χ1n) is 16.9. The molecule has 1 heteroatoms. The fourth-order valence-electron chi connectivity index (χ4n) is 7.69. The van der Waals surface area contributed by atoms with Gasteiger partial charge in [0, 0.05) is 11.1 Å². The number of aromatic nitrogens is 1.